The third-order valence-electron chi connectivity index (χ3n) is 3.72. The van der Waals surface area contributed by atoms with Crippen molar-refractivity contribution in [2.24, 2.45) is 0 Å². The molecule has 0 saturated carbocycles. The summed E-state index contributed by atoms with van der Waals surface area (Å²) in [5.74, 6) is 0.373. The lowest BCUT2D eigenvalue weighted by molar-refractivity contribution is 0.618. The summed E-state index contributed by atoms with van der Waals surface area (Å²) in [6.07, 6.45) is 0. The van der Waals surface area contributed by atoms with Crippen LogP contribution in [-0.4, -0.2) is 9.55 Å². The number of imidazole rings is 1. The van der Waals surface area contributed by atoms with Crippen molar-refractivity contribution in [2.45, 2.75) is 25.3 Å². The monoisotopic (exact) mass is 302 g/mol. The number of hydrogen-bond donors (Lipinski definition) is 0. The minimum Gasteiger partial charge on any atom is -0.319 e. The molecular weight excluding hydrogens is 287 g/mol. The van der Waals surface area contributed by atoms with Crippen LogP contribution in [0.5, 0.6) is 0 Å². The molecule has 2 nitrogen and oxygen atoms in total. The van der Waals surface area contributed by atoms with E-state index in [2.05, 4.69) is 24.0 Å². The molecule has 0 N–H and O–H groups in total. The average Bonchev–Trinajstić information content (AvgIpc) is 2.88. The molecule has 0 amide bonds. The van der Waals surface area contributed by atoms with Gasteiger partial charge in [-0.25, -0.2) is 9.37 Å². The number of halogens is 2. The first kappa shape index (κ1) is 14.1. The molecule has 2 aromatic carbocycles. The van der Waals surface area contributed by atoms with Gasteiger partial charge in [-0.2, -0.15) is 0 Å². The summed E-state index contributed by atoms with van der Waals surface area (Å²) < 4.78 is 16.0. The van der Waals surface area contributed by atoms with Crippen molar-refractivity contribution < 1.29 is 4.39 Å². The van der Waals surface area contributed by atoms with Gasteiger partial charge >= 0.3 is 0 Å². The first-order chi connectivity index (χ1) is 10.1. The Kier molecular flexibility index (Phi) is 3.68. The number of alkyl halides is 1. The van der Waals surface area contributed by atoms with Gasteiger partial charge in [0, 0.05) is 0 Å². The molecule has 2 unspecified atom stereocenters. The highest BCUT2D eigenvalue weighted by Gasteiger charge is 2.21. The van der Waals surface area contributed by atoms with Crippen LogP contribution in [0.2, 0.25) is 0 Å². The summed E-state index contributed by atoms with van der Waals surface area (Å²) in [7, 11) is 0. The Bertz CT molecular complexity index is 765. The Morgan fingerprint density at radius 3 is 2.43 bits per heavy atom. The lowest BCUT2D eigenvalue weighted by Crippen LogP contribution is -2.11. The van der Waals surface area contributed by atoms with Gasteiger partial charge in [0.25, 0.3) is 0 Å². The normalized spacial score (nSPS) is 14.3. The molecule has 0 radical (unpaired) electrons. The van der Waals surface area contributed by atoms with Crippen LogP contribution < -0.4 is 0 Å². The van der Waals surface area contributed by atoms with Gasteiger partial charge in [-0.3, -0.25) is 0 Å². The summed E-state index contributed by atoms with van der Waals surface area (Å²) in [4.78, 5) is 4.41. The third-order valence-corrected chi connectivity index (χ3v) is 3.92. The Labute approximate surface area is 128 Å². The molecule has 21 heavy (non-hydrogen) atoms. The summed E-state index contributed by atoms with van der Waals surface area (Å²) in [5, 5.41) is -0.289. The van der Waals surface area contributed by atoms with E-state index in [1.165, 1.54) is 6.07 Å². The predicted molar refractivity (Wildman–Crippen MR) is 84.2 cm³/mol. The van der Waals surface area contributed by atoms with Gasteiger partial charge in [0.1, 0.15) is 11.3 Å². The van der Waals surface area contributed by atoms with Crippen molar-refractivity contribution in [3.63, 3.8) is 0 Å². The highest BCUT2D eigenvalue weighted by Crippen LogP contribution is 2.31. The largest absolute Gasteiger partial charge is 0.319 e. The van der Waals surface area contributed by atoms with Crippen LogP contribution in [0.1, 0.15) is 36.7 Å². The summed E-state index contributed by atoms with van der Waals surface area (Å²) in [6, 6.07) is 15.1. The van der Waals surface area contributed by atoms with Crippen LogP contribution >= 0.6 is 11.6 Å². The van der Waals surface area contributed by atoms with E-state index in [0.29, 0.717) is 11.3 Å². The first-order valence-electron chi connectivity index (χ1n) is 6.95. The van der Waals surface area contributed by atoms with Crippen LogP contribution in [0.15, 0.2) is 48.5 Å². The van der Waals surface area contributed by atoms with Crippen LogP contribution in [0.3, 0.4) is 0 Å². The molecule has 0 aliphatic carbocycles. The van der Waals surface area contributed by atoms with Gasteiger partial charge in [0.15, 0.2) is 5.82 Å². The Morgan fingerprint density at radius 1 is 1.05 bits per heavy atom. The number of para-hydroxylation sites is 1. The molecule has 0 aliphatic heterocycles. The van der Waals surface area contributed by atoms with Crippen molar-refractivity contribution in [3.8, 4) is 0 Å². The summed E-state index contributed by atoms with van der Waals surface area (Å²) >= 11 is 6.26. The number of benzene rings is 2. The van der Waals surface area contributed by atoms with Crippen molar-refractivity contribution in [1.29, 1.82) is 0 Å². The first-order valence-corrected chi connectivity index (χ1v) is 7.38. The molecule has 1 aromatic heterocycles. The van der Waals surface area contributed by atoms with E-state index in [1.807, 2.05) is 35.8 Å². The molecule has 3 aromatic rings. The molecule has 108 valence electrons. The maximum absolute atomic E-state index is 14.0. The lowest BCUT2D eigenvalue weighted by Gasteiger charge is -2.19. The van der Waals surface area contributed by atoms with Gasteiger partial charge in [-0.15, -0.1) is 11.6 Å². The second-order valence-corrected chi connectivity index (χ2v) is 5.80. The van der Waals surface area contributed by atoms with E-state index in [4.69, 9.17) is 11.6 Å². The molecular formula is C17H16ClFN2. The second kappa shape index (κ2) is 5.49. The molecule has 3 rings (SSSR count). The average molecular weight is 303 g/mol. The highest BCUT2D eigenvalue weighted by molar-refractivity contribution is 6.20. The van der Waals surface area contributed by atoms with Crippen LogP contribution in [0.4, 0.5) is 4.39 Å². The molecule has 0 fully saturated rings. The maximum atomic E-state index is 14.0. The van der Waals surface area contributed by atoms with E-state index in [-0.39, 0.29) is 17.2 Å². The zero-order valence-electron chi connectivity index (χ0n) is 11.9. The summed E-state index contributed by atoms with van der Waals surface area (Å²) in [6.45, 7) is 3.93. The standard InChI is InChI=1S/C17H16ClFN2/c1-11(18)17-20-16-14(19)9-6-10-15(16)21(17)12(2)13-7-4-3-5-8-13/h3-12H,1-2H3. The minimum atomic E-state index is -0.315. The van der Waals surface area contributed by atoms with Crippen molar-refractivity contribution in [3.05, 3.63) is 65.7 Å². The van der Waals surface area contributed by atoms with E-state index in [1.54, 1.807) is 6.07 Å². The molecule has 0 saturated heterocycles. The Balaban J connectivity index is 2.25. The second-order valence-electron chi connectivity index (χ2n) is 5.15. The molecule has 2 atom stereocenters. The Morgan fingerprint density at radius 2 is 1.76 bits per heavy atom. The van der Waals surface area contributed by atoms with E-state index in [9.17, 15) is 4.39 Å². The highest BCUT2D eigenvalue weighted by atomic mass is 35.5. The summed E-state index contributed by atoms with van der Waals surface area (Å²) in [5.41, 5.74) is 2.29. The number of nitrogens with zero attached hydrogens (tertiary/aromatic N) is 2. The predicted octanol–water partition coefficient (Wildman–Crippen LogP) is 5.08. The van der Waals surface area contributed by atoms with Gasteiger partial charge in [0.05, 0.1) is 16.9 Å². The fourth-order valence-electron chi connectivity index (χ4n) is 2.67. The van der Waals surface area contributed by atoms with Gasteiger partial charge in [0.2, 0.25) is 0 Å². The fourth-order valence-corrected chi connectivity index (χ4v) is 2.82. The smallest absolute Gasteiger partial charge is 0.151 e. The number of aromatic nitrogens is 2. The zero-order valence-corrected chi connectivity index (χ0v) is 12.7. The van der Waals surface area contributed by atoms with Crippen LogP contribution in [0, 0.1) is 5.82 Å². The third kappa shape index (κ3) is 2.42. The van der Waals surface area contributed by atoms with Gasteiger partial charge < -0.3 is 4.57 Å². The SMILES string of the molecule is CC(Cl)c1nc2c(F)cccc2n1C(C)c1ccccc1. The fraction of sp³-hybridized carbons (Fsp3) is 0.235. The molecule has 1 heterocycles. The quantitative estimate of drug-likeness (QED) is 0.617. The number of hydrogen-bond acceptors (Lipinski definition) is 1. The van der Waals surface area contributed by atoms with Crippen molar-refractivity contribution in [2.75, 3.05) is 0 Å². The molecule has 0 bridgehead atoms. The van der Waals surface area contributed by atoms with Crippen molar-refractivity contribution >= 4 is 22.6 Å². The number of fused-ring (bicyclic) bond motifs is 1. The molecule has 0 aliphatic rings. The van der Waals surface area contributed by atoms with Gasteiger partial charge in [-0.1, -0.05) is 36.4 Å². The lowest BCUT2D eigenvalue weighted by atomic mass is 10.1. The van der Waals surface area contributed by atoms with Crippen molar-refractivity contribution in [1.82, 2.24) is 9.55 Å². The van der Waals surface area contributed by atoms with Crippen LogP contribution in [-0.2, 0) is 0 Å². The van der Waals surface area contributed by atoms with E-state index >= 15 is 0 Å². The van der Waals surface area contributed by atoms with E-state index in [0.717, 1.165) is 11.1 Å². The van der Waals surface area contributed by atoms with E-state index < -0.39 is 0 Å². The minimum absolute atomic E-state index is 0.0363. The Hall–Kier alpha value is -1.87. The zero-order chi connectivity index (χ0) is 15.0. The number of rotatable bonds is 3. The molecule has 0 spiro atoms. The maximum Gasteiger partial charge on any atom is 0.151 e. The van der Waals surface area contributed by atoms with Crippen LogP contribution in [0.25, 0.3) is 11.0 Å². The molecule has 4 heteroatoms. The van der Waals surface area contributed by atoms with Gasteiger partial charge in [-0.05, 0) is 31.5 Å². The topological polar surface area (TPSA) is 17.8 Å².